The second-order valence-corrected chi connectivity index (χ2v) is 8.59. The minimum atomic E-state index is 0.822. The van der Waals surface area contributed by atoms with E-state index in [1.54, 1.807) is 0 Å². The van der Waals surface area contributed by atoms with Crippen molar-refractivity contribution < 1.29 is 0 Å². The molecule has 4 nitrogen and oxygen atoms in total. The summed E-state index contributed by atoms with van der Waals surface area (Å²) >= 11 is 0. The Hall–Kier alpha value is -2.17. The average molecular weight is 405 g/mol. The molecule has 0 bridgehead atoms. The maximum Gasteiger partial charge on any atom is 0.124 e. The number of imidazole rings is 1. The fourth-order valence-electron chi connectivity index (χ4n) is 4.51. The first-order chi connectivity index (χ1) is 14.8. The maximum absolute atomic E-state index is 4.95. The van der Waals surface area contributed by atoms with Crippen LogP contribution in [-0.2, 0) is 19.6 Å². The predicted octanol–water partition coefficient (Wildman–Crippen LogP) is 5.35. The van der Waals surface area contributed by atoms with E-state index in [-0.39, 0.29) is 0 Å². The van der Waals surface area contributed by atoms with Gasteiger partial charge in [-0.1, -0.05) is 62.6 Å². The van der Waals surface area contributed by atoms with Gasteiger partial charge in [-0.05, 0) is 62.2 Å². The molecule has 1 N–H and O–H groups in total. The number of para-hydroxylation sites is 2. The van der Waals surface area contributed by atoms with E-state index < -0.39 is 0 Å². The Balaban J connectivity index is 1.57. The highest BCUT2D eigenvalue weighted by atomic mass is 15.1. The Labute approximate surface area is 181 Å². The molecule has 0 amide bonds. The van der Waals surface area contributed by atoms with Gasteiger partial charge in [-0.25, -0.2) is 4.98 Å². The van der Waals surface area contributed by atoms with Crippen LogP contribution < -0.4 is 5.32 Å². The SMILES string of the molecule is CCCCNCc1nc2ccccc2n1Cc1ccccc1CN1CCCCCC1. The van der Waals surface area contributed by atoms with Gasteiger partial charge in [0.25, 0.3) is 0 Å². The molecule has 1 aliphatic heterocycles. The van der Waals surface area contributed by atoms with Gasteiger partial charge < -0.3 is 9.88 Å². The van der Waals surface area contributed by atoms with Crippen LogP contribution in [0.4, 0.5) is 0 Å². The number of fused-ring (bicyclic) bond motifs is 1. The zero-order chi connectivity index (χ0) is 20.6. The van der Waals surface area contributed by atoms with Crippen LogP contribution in [0.5, 0.6) is 0 Å². The molecule has 1 saturated heterocycles. The number of rotatable bonds is 9. The first-order valence-corrected chi connectivity index (χ1v) is 11.8. The molecule has 1 aromatic heterocycles. The molecule has 3 aromatic rings. The second kappa shape index (κ2) is 10.7. The van der Waals surface area contributed by atoms with Crippen LogP contribution >= 0.6 is 0 Å². The molecule has 0 radical (unpaired) electrons. The summed E-state index contributed by atoms with van der Waals surface area (Å²) in [5.41, 5.74) is 5.20. The highest BCUT2D eigenvalue weighted by Gasteiger charge is 2.15. The Morgan fingerprint density at radius 2 is 1.57 bits per heavy atom. The van der Waals surface area contributed by atoms with E-state index in [0.717, 1.165) is 37.5 Å². The number of hydrogen-bond donors (Lipinski definition) is 1. The lowest BCUT2D eigenvalue weighted by Crippen LogP contribution is -2.25. The molecule has 4 heteroatoms. The molecular weight excluding hydrogens is 368 g/mol. The molecule has 160 valence electrons. The Morgan fingerprint density at radius 3 is 2.33 bits per heavy atom. The van der Waals surface area contributed by atoms with Gasteiger partial charge in [0.15, 0.2) is 0 Å². The van der Waals surface area contributed by atoms with Crippen molar-refractivity contribution in [2.24, 2.45) is 0 Å². The summed E-state index contributed by atoms with van der Waals surface area (Å²) in [5, 5.41) is 3.59. The summed E-state index contributed by atoms with van der Waals surface area (Å²) in [6.45, 7) is 8.51. The van der Waals surface area contributed by atoms with E-state index in [1.807, 2.05) is 0 Å². The van der Waals surface area contributed by atoms with Gasteiger partial charge in [0.1, 0.15) is 5.82 Å². The number of nitrogens with zero attached hydrogens (tertiary/aromatic N) is 3. The number of hydrogen-bond acceptors (Lipinski definition) is 3. The molecule has 1 aliphatic rings. The lowest BCUT2D eigenvalue weighted by molar-refractivity contribution is 0.276. The van der Waals surface area contributed by atoms with Crippen molar-refractivity contribution in [3.05, 3.63) is 65.5 Å². The summed E-state index contributed by atoms with van der Waals surface area (Å²) in [6, 6.07) is 17.5. The summed E-state index contributed by atoms with van der Waals surface area (Å²) < 4.78 is 2.41. The van der Waals surface area contributed by atoms with Crippen LogP contribution in [0.25, 0.3) is 11.0 Å². The third-order valence-electron chi connectivity index (χ3n) is 6.26. The van der Waals surface area contributed by atoms with E-state index >= 15 is 0 Å². The average Bonchev–Trinajstić information content (AvgIpc) is 2.92. The van der Waals surface area contributed by atoms with Crippen molar-refractivity contribution in [2.75, 3.05) is 19.6 Å². The molecule has 2 aromatic carbocycles. The van der Waals surface area contributed by atoms with Crippen molar-refractivity contribution in [2.45, 2.75) is 65.1 Å². The van der Waals surface area contributed by atoms with Crippen LogP contribution in [0.15, 0.2) is 48.5 Å². The molecule has 0 atom stereocenters. The van der Waals surface area contributed by atoms with Gasteiger partial charge in [-0.3, -0.25) is 4.90 Å². The number of nitrogens with one attached hydrogen (secondary N) is 1. The zero-order valence-electron chi connectivity index (χ0n) is 18.4. The zero-order valence-corrected chi connectivity index (χ0v) is 18.4. The van der Waals surface area contributed by atoms with Crippen LogP contribution in [0.1, 0.15) is 62.4 Å². The first kappa shape index (κ1) is 21.1. The minimum Gasteiger partial charge on any atom is -0.322 e. The standard InChI is InChI=1S/C26H36N4/c1-2-3-16-27-19-26-28-24-14-8-9-15-25(24)30(26)21-23-13-7-6-12-22(23)20-29-17-10-4-5-11-18-29/h6-9,12-15,27H,2-5,10-11,16-21H2,1H3. The summed E-state index contributed by atoms with van der Waals surface area (Å²) in [6.07, 6.45) is 7.86. The van der Waals surface area contributed by atoms with Gasteiger partial charge in [0.05, 0.1) is 17.6 Å². The van der Waals surface area contributed by atoms with Gasteiger partial charge in [0.2, 0.25) is 0 Å². The third-order valence-corrected chi connectivity index (χ3v) is 6.26. The Bertz CT molecular complexity index is 922. The Morgan fingerprint density at radius 1 is 0.867 bits per heavy atom. The molecular formula is C26H36N4. The molecule has 0 aliphatic carbocycles. The molecule has 0 saturated carbocycles. The largest absolute Gasteiger partial charge is 0.322 e. The van der Waals surface area contributed by atoms with Crippen LogP contribution in [0.2, 0.25) is 0 Å². The maximum atomic E-state index is 4.95. The predicted molar refractivity (Wildman–Crippen MR) is 126 cm³/mol. The number of unbranched alkanes of at least 4 members (excludes halogenated alkanes) is 1. The van der Waals surface area contributed by atoms with E-state index in [4.69, 9.17) is 4.98 Å². The van der Waals surface area contributed by atoms with Gasteiger partial charge >= 0.3 is 0 Å². The third kappa shape index (κ3) is 5.30. The van der Waals surface area contributed by atoms with Crippen molar-refractivity contribution >= 4 is 11.0 Å². The highest BCUT2D eigenvalue weighted by Crippen LogP contribution is 2.21. The second-order valence-electron chi connectivity index (χ2n) is 8.59. The van der Waals surface area contributed by atoms with Crippen molar-refractivity contribution in [3.63, 3.8) is 0 Å². The van der Waals surface area contributed by atoms with E-state index in [2.05, 4.69) is 70.2 Å². The quantitative estimate of drug-likeness (QED) is 0.488. The van der Waals surface area contributed by atoms with Crippen molar-refractivity contribution in [3.8, 4) is 0 Å². The monoisotopic (exact) mass is 404 g/mol. The molecule has 1 fully saturated rings. The Kier molecular flexibility index (Phi) is 7.54. The van der Waals surface area contributed by atoms with Crippen LogP contribution in [0.3, 0.4) is 0 Å². The highest BCUT2D eigenvalue weighted by molar-refractivity contribution is 5.76. The summed E-state index contributed by atoms with van der Waals surface area (Å²) in [7, 11) is 0. The topological polar surface area (TPSA) is 33.1 Å². The smallest absolute Gasteiger partial charge is 0.124 e. The summed E-state index contributed by atoms with van der Waals surface area (Å²) in [5.74, 6) is 1.14. The molecule has 4 rings (SSSR count). The molecule has 0 spiro atoms. The fraction of sp³-hybridized carbons (Fsp3) is 0.500. The van der Waals surface area contributed by atoms with E-state index in [1.165, 1.54) is 68.3 Å². The number of benzene rings is 2. The number of aromatic nitrogens is 2. The van der Waals surface area contributed by atoms with Crippen LogP contribution in [-0.4, -0.2) is 34.1 Å². The summed E-state index contributed by atoms with van der Waals surface area (Å²) in [4.78, 5) is 7.60. The lowest BCUT2D eigenvalue weighted by atomic mass is 10.1. The van der Waals surface area contributed by atoms with E-state index in [0.29, 0.717) is 0 Å². The van der Waals surface area contributed by atoms with Gasteiger partial charge in [0, 0.05) is 13.1 Å². The fourth-order valence-corrected chi connectivity index (χ4v) is 4.51. The first-order valence-electron chi connectivity index (χ1n) is 11.8. The normalized spacial score (nSPS) is 15.5. The molecule has 30 heavy (non-hydrogen) atoms. The number of likely N-dealkylation sites (tertiary alicyclic amines) is 1. The van der Waals surface area contributed by atoms with E-state index in [9.17, 15) is 0 Å². The molecule has 0 unspecified atom stereocenters. The lowest BCUT2D eigenvalue weighted by Gasteiger charge is -2.22. The molecule has 2 heterocycles. The minimum absolute atomic E-state index is 0.822. The van der Waals surface area contributed by atoms with Gasteiger partial charge in [-0.2, -0.15) is 0 Å². The van der Waals surface area contributed by atoms with Crippen molar-refractivity contribution in [1.82, 2.24) is 19.8 Å². The van der Waals surface area contributed by atoms with Gasteiger partial charge in [-0.15, -0.1) is 0 Å². The van der Waals surface area contributed by atoms with Crippen molar-refractivity contribution in [1.29, 1.82) is 0 Å². The van der Waals surface area contributed by atoms with Crippen LogP contribution in [0, 0.1) is 0 Å².